The van der Waals surface area contributed by atoms with Gasteiger partial charge in [-0.2, -0.15) is 0 Å². The number of carboxylic acids is 1. The van der Waals surface area contributed by atoms with Crippen LogP contribution in [0.5, 0.6) is 0 Å². The summed E-state index contributed by atoms with van der Waals surface area (Å²) in [5, 5.41) is 13.3. The van der Waals surface area contributed by atoms with Crippen LogP contribution in [-0.4, -0.2) is 49.6 Å². The molecule has 5 nitrogen and oxygen atoms in total. The maximum absolute atomic E-state index is 11.7. The quantitative estimate of drug-likeness (QED) is 0.816. The molecule has 2 saturated carbocycles. The first-order chi connectivity index (χ1) is 9.65. The number of ether oxygens (including phenoxy) is 2. The second-order valence-electron chi connectivity index (χ2n) is 6.60. The zero-order valence-corrected chi connectivity index (χ0v) is 12.1. The molecule has 2 N–H and O–H groups in total. The monoisotopic (exact) mass is 283 g/mol. The summed E-state index contributed by atoms with van der Waals surface area (Å²) >= 11 is 0. The number of methoxy groups -OCH3 is 1. The van der Waals surface area contributed by atoms with Crippen LogP contribution in [0.2, 0.25) is 0 Å². The molecule has 3 fully saturated rings. The van der Waals surface area contributed by atoms with Gasteiger partial charge in [0.15, 0.2) is 0 Å². The average Bonchev–Trinajstić information content (AvgIpc) is 2.97. The molecular weight excluding hydrogens is 258 g/mol. The van der Waals surface area contributed by atoms with Gasteiger partial charge in [0.05, 0.1) is 18.1 Å². The molecule has 3 rings (SSSR count). The second kappa shape index (κ2) is 5.62. The first-order valence-corrected chi connectivity index (χ1v) is 7.75. The summed E-state index contributed by atoms with van der Waals surface area (Å²) in [6.45, 7) is 1.39. The molecule has 0 aromatic rings. The predicted molar refractivity (Wildman–Crippen MR) is 73.6 cm³/mol. The minimum absolute atomic E-state index is 0.0879. The molecule has 1 heterocycles. The molecule has 0 bridgehead atoms. The van der Waals surface area contributed by atoms with Crippen molar-refractivity contribution in [1.82, 2.24) is 5.32 Å². The Labute approximate surface area is 120 Å². The van der Waals surface area contributed by atoms with Gasteiger partial charge in [0, 0.05) is 25.8 Å². The molecule has 1 saturated heterocycles. The molecule has 5 heteroatoms. The van der Waals surface area contributed by atoms with Gasteiger partial charge in [-0.05, 0) is 38.0 Å². The molecule has 0 amide bonds. The summed E-state index contributed by atoms with van der Waals surface area (Å²) in [5.74, 6) is -0.224. The Balaban J connectivity index is 1.64. The van der Waals surface area contributed by atoms with E-state index in [1.165, 1.54) is 0 Å². The van der Waals surface area contributed by atoms with E-state index in [4.69, 9.17) is 9.47 Å². The molecular formula is C15H25NO4. The van der Waals surface area contributed by atoms with Crippen molar-refractivity contribution in [3.63, 3.8) is 0 Å². The van der Waals surface area contributed by atoms with Gasteiger partial charge < -0.3 is 19.9 Å². The lowest BCUT2D eigenvalue weighted by Gasteiger charge is -2.33. The summed E-state index contributed by atoms with van der Waals surface area (Å²) in [4.78, 5) is 11.7. The fourth-order valence-corrected chi connectivity index (χ4v) is 4.56. The van der Waals surface area contributed by atoms with E-state index in [0.29, 0.717) is 24.6 Å². The zero-order valence-electron chi connectivity index (χ0n) is 12.1. The smallest absolute Gasteiger partial charge is 0.309 e. The molecule has 20 heavy (non-hydrogen) atoms. The largest absolute Gasteiger partial charge is 0.481 e. The predicted octanol–water partition coefficient (Wildman–Crippen LogP) is 1.41. The Morgan fingerprint density at radius 3 is 3.00 bits per heavy atom. The zero-order chi connectivity index (χ0) is 14.2. The van der Waals surface area contributed by atoms with Crippen LogP contribution in [-0.2, 0) is 14.3 Å². The van der Waals surface area contributed by atoms with Gasteiger partial charge >= 0.3 is 5.97 Å². The first kappa shape index (κ1) is 14.3. The van der Waals surface area contributed by atoms with Gasteiger partial charge in [-0.3, -0.25) is 4.79 Å². The Hall–Kier alpha value is -0.650. The van der Waals surface area contributed by atoms with Crippen molar-refractivity contribution in [2.75, 3.05) is 20.3 Å². The second-order valence-corrected chi connectivity index (χ2v) is 6.60. The number of rotatable bonds is 4. The number of nitrogens with one attached hydrogen (secondary N) is 1. The summed E-state index contributed by atoms with van der Waals surface area (Å²) in [6.07, 6.45) is 5.81. The third kappa shape index (κ3) is 2.36. The van der Waals surface area contributed by atoms with E-state index < -0.39 is 11.4 Å². The van der Waals surface area contributed by atoms with Crippen molar-refractivity contribution < 1.29 is 19.4 Å². The molecule has 1 aliphatic heterocycles. The standard InChI is InChI=1S/C15H25NO4/c1-19-13-9-20-6-4-12(13)16-11-7-10-3-2-5-15(10,8-11)14(17)18/h10-13,16H,2-9H2,1H3,(H,17,18)/t10-,11-,12?,13-,15-/m1/s1. The lowest BCUT2D eigenvalue weighted by molar-refractivity contribution is -0.150. The minimum Gasteiger partial charge on any atom is -0.481 e. The van der Waals surface area contributed by atoms with E-state index in [-0.39, 0.29) is 6.10 Å². The van der Waals surface area contributed by atoms with E-state index in [0.717, 1.165) is 45.1 Å². The van der Waals surface area contributed by atoms with Gasteiger partial charge in [0.1, 0.15) is 0 Å². The van der Waals surface area contributed by atoms with Crippen molar-refractivity contribution in [1.29, 1.82) is 0 Å². The van der Waals surface area contributed by atoms with Gasteiger partial charge in [-0.25, -0.2) is 0 Å². The lowest BCUT2D eigenvalue weighted by atomic mass is 9.80. The van der Waals surface area contributed by atoms with E-state index >= 15 is 0 Å². The molecule has 2 aliphatic carbocycles. The molecule has 3 aliphatic rings. The molecule has 114 valence electrons. The summed E-state index contributed by atoms with van der Waals surface area (Å²) < 4.78 is 10.9. The Morgan fingerprint density at radius 2 is 2.30 bits per heavy atom. The molecule has 0 aromatic heterocycles. The van der Waals surface area contributed by atoms with Gasteiger partial charge in [0.2, 0.25) is 0 Å². The molecule has 1 unspecified atom stereocenters. The Kier molecular flexibility index (Phi) is 4.02. The highest BCUT2D eigenvalue weighted by atomic mass is 16.5. The van der Waals surface area contributed by atoms with Crippen molar-refractivity contribution in [2.24, 2.45) is 11.3 Å². The summed E-state index contributed by atoms with van der Waals surface area (Å²) in [7, 11) is 1.72. The van der Waals surface area contributed by atoms with Crippen LogP contribution >= 0.6 is 0 Å². The van der Waals surface area contributed by atoms with Crippen LogP contribution < -0.4 is 5.32 Å². The Morgan fingerprint density at radius 1 is 1.45 bits per heavy atom. The van der Waals surface area contributed by atoms with Crippen LogP contribution in [0.1, 0.15) is 38.5 Å². The maximum atomic E-state index is 11.7. The molecule has 0 spiro atoms. The lowest BCUT2D eigenvalue weighted by Crippen LogP contribution is -2.50. The van der Waals surface area contributed by atoms with Crippen LogP contribution in [0.3, 0.4) is 0 Å². The summed E-state index contributed by atoms with van der Waals surface area (Å²) in [5.41, 5.74) is -0.453. The number of aliphatic carboxylic acids is 1. The van der Waals surface area contributed by atoms with Gasteiger partial charge in [-0.15, -0.1) is 0 Å². The molecule has 0 aromatic carbocycles. The topological polar surface area (TPSA) is 67.8 Å². The van der Waals surface area contributed by atoms with Crippen LogP contribution in [0, 0.1) is 11.3 Å². The van der Waals surface area contributed by atoms with Crippen LogP contribution in [0.15, 0.2) is 0 Å². The average molecular weight is 283 g/mol. The van der Waals surface area contributed by atoms with Crippen molar-refractivity contribution in [3.05, 3.63) is 0 Å². The Bertz CT molecular complexity index is 375. The van der Waals surface area contributed by atoms with E-state index in [2.05, 4.69) is 5.32 Å². The summed E-state index contributed by atoms with van der Waals surface area (Å²) in [6, 6.07) is 0.612. The highest BCUT2D eigenvalue weighted by molar-refractivity contribution is 5.76. The van der Waals surface area contributed by atoms with Gasteiger partial charge in [-0.1, -0.05) is 6.42 Å². The van der Waals surface area contributed by atoms with E-state index in [1.807, 2.05) is 0 Å². The SMILES string of the molecule is CO[C@@H]1COCCC1N[C@@H]1C[C@H]2CCC[C@@]2(C(=O)O)C1. The fraction of sp³-hybridized carbons (Fsp3) is 0.933. The van der Waals surface area contributed by atoms with Crippen LogP contribution in [0.25, 0.3) is 0 Å². The highest BCUT2D eigenvalue weighted by Crippen LogP contribution is 2.54. The van der Waals surface area contributed by atoms with Crippen molar-refractivity contribution in [3.8, 4) is 0 Å². The number of hydrogen-bond donors (Lipinski definition) is 2. The highest BCUT2D eigenvalue weighted by Gasteiger charge is 2.55. The van der Waals surface area contributed by atoms with Gasteiger partial charge in [0.25, 0.3) is 0 Å². The van der Waals surface area contributed by atoms with Crippen molar-refractivity contribution >= 4 is 5.97 Å². The first-order valence-electron chi connectivity index (χ1n) is 7.75. The third-order valence-electron chi connectivity index (χ3n) is 5.62. The van der Waals surface area contributed by atoms with E-state index in [9.17, 15) is 9.90 Å². The number of carbonyl (C=O) groups is 1. The maximum Gasteiger partial charge on any atom is 0.309 e. The number of hydrogen-bond acceptors (Lipinski definition) is 4. The van der Waals surface area contributed by atoms with Crippen LogP contribution in [0.4, 0.5) is 0 Å². The fourth-order valence-electron chi connectivity index (χ4n) is 4.56. The minimum atomic E-state index is -0.584. The molecule has 5 atom stereocenters. The number of fused-ring (bicyclic) bond motifs is 1. The normalized spacial score (nSPS) is 44.5. The van der Waals surface area contributed by atoms with E-state index in [1.54, 1.807) is 7.11 Å². The third-order valence-corrected chi connectivity index (χ3v) is 5.62. The number of carboxylic acid groups (broad SMARTS) is 1. The van der Waals surface area contributed by atoms with Crippen molar-refractivity contribution in [2.45, 2.75) is 56.7 Å². The molecule has 0 radical (unpaired) electrons.